The van der Waals surface area contributed by atoms with Gasteiger partial charge in [0.05, 0.1) is 5.69 Å². The molecule has 2 N–H and O–H groups in total. The topological polar surface area (TPSA) is 50.1 Å². The third-order valence-corrected chi connectivity index (χ3v) is 3.14. The van der Waals surface area contributed by atoms with Crippen LogP contribution < -0.4 is 5.32 Å². The predicted octanol–water partition coefficient (Wildman–Crippen LogP) is 0.986. The Morgan fingerprint density at radius 2 is 2.40 bits per heavy atom. The lowest BCUT2D eigenvalue weighted by atomic mass is 10.0. The summed E-state index contributed by atoms with van der Waals surface area (Å²) in [6.45, 7) is 1.01. The summed E-state index contributed by atoms with van der Waals surface area (Å²) in [7, 11) is 1.87. The van der Waals surface area contributed by atoms with Gasteiger partial charge in [-0.1, -0.05) is 12.8 Å². The van der Waals surface area contributed by atoms with E-state index in [2.05, 4.69) is 10.4 Å². The summed E-state index contributed by atoms with van der Waals surface area (Å²) in [6.07, 6.45) is 6.03. The molecule has 0 saturated carbocycles. The largest absolute Gasteiger partial charge is 0.385 e. The molecule has 0 radical (unpaired) electrons. The third kappa shape index (κ3) is 2.38. The molecule has 2 heterocycles. The molecule has 0 amide bonds. The molecule has 0 aromatic carbocycles. The molecule has 1 aromatic rings. The minimum absolute atomic E-state index is 0.183. The van der Waals surface area contributed by atoms with Gasteiger partial charge < -0.3 is 10.4 Å². The molecular formula is C11H19N3O. The maximum atomic E-state index is 10.2. The molecule has 0 spiro atoms. The van der Waals surface area contributed by atoms with E-state index in [0.717, 1.165) is 18.7 Å². The van der Waals surface area contributed by atoms with Gasteiger partial charge >= 0.3 is 0 Å². The highest BCUT2D eigenvalue weighted by atomic mass is 16.3. The van der Waals surface area contributed by atoms with Gasteiger partial charge in [-0.2, -0.15) is 5.10 Å². The van der Waals surface area contributed by atoms with Crippen LogP contribution in [-0.2, 0) is 7.05 Å². The zero-order valence-electron chi connectivity index (χ0n) is 9.19. The van der Waals surface area contributed by atoms with Gasteiger partial charge in [0, 0.05) is 19.3 Å². The summed E-state index contributed by atoms with van der Waals surface area (Å²) in [6, 6.07) is 2.07. The molecule has 1 aliphatic rings. The van der Waals surface area contributed by atoms with Crippen LogP contribution in [-0.4, -0.2) is 27.5 Å². The standard InChI is InChI=1S/C11H19N3O/c1-14-10(6-8-13-14)11(15)9-5-3-2-4-7-12-9/h6,8-9,11-12,15H,2-5,7H2,1H3. The Bertz CT molecular complexity index is 303. The maximum absolute atomic E-state index is 10.2. The Kier molecular flexibility index (Phi) is 3.38. The number of hydrogen-bond acceptors (Lipinski definition) is 3. The van der Waals surface area contributed by atoms with Crippen molar-refractivity contribution in [3.63, 3.8) is 0 Å². The van der Waals surface area contributed by atoms with Crippen molar-refractivity contribution in [1.82, 2.24) is 15.1 Å². The van der Waals surface area contributed by atoms with E-state index in [0.29, 0.717) is 0 Å². The molecule has 1 aliphatic heterocycles. The van der Waals surface area contributed by atoms with Crippen LogP contribution in [0, 0.1) is 0 Å². The second-order valence-corrected chi connectivity index (χ2v) is 4.23. The van der Waals surface area contributed by atoms with Crippen molar-refractivity contribution in [3.8, 4) is 0 Å². The number of aliphatic hydroxyl groups excluding tert-OH is 1. The van der Waals surface area contributed by atoms with E-state index in [1.807, 2.05) is 13.1 Å². The molecule has 0 bridgehead atoms. The monoisotopic (exact) mass is 209 g/mol. The number of nitrogens with zero attached hydrogens (tertiary/aromatic N) is 2. The van der Waals surface area contributed by atoms with E-state index in [4.69, 9.17) is 0 Å². The number of nitrogens with one attached hydrogen (secondary N) is 1. The van der Waals surface area contributed by atoms with Gasteiger partial charge in [-0.3, -0.25) is 4.68 Å². The number of aromatic nitrogens is 2. The summed E-state index contributed by atoms with van der Waals surface area (Å²) in [5, 5.41) is 17.7. The van der Waals surface area contributed by atoms with Gasteiger partial charge in [0.25, 0.3) is 0 Å². The first-order valence-electron chi connectivity index (χ1n) is 5.68. The smallest absolute Gasteiger partial charge is 0.111 e. The van der Waals surface area contributed by atoms with Gasteiger partial charge in [0.15, 0.2) is 0 Å². The van der Waals surface area contributed by atoms with Gasteiger partial charge in [-0.25, -0.2) is 0 Å². The number of hydrogen-bond donors (Lipinski definition) is 2. The molecule has 4 nitrogen and oxygen atoms in total. The Balaban J connectivity index is 2.06. The maximum Gasteiger partial charge on any atom is 0.111 e. The van der Waals surface area contributed by atoms with Crippen molar-refractivity contribution in [1.29, 1.82) is 0 Å². The summed E-state index contributed by atoms with van der Waals surface area (Å²) >= 11 is 0. The molecule has 0 aliphatic carbocycles. The molecule has 2 rings (SSSR count). The fourth-order valence-corrected chi connectivity index (χ4v) is 2.21. The minimum Gasteiger partial charge on any atom is -0.385 e. The summed E-state index contributed by atoms with van der Waals surface area (Å²) in [5.41, 5.74) is 0.898. The first kappa shape index (κ1) is 10.6. The van der Waals surface area contributed by atoms with E-state index in [1.165, 1.54) is 19.3 Å². The van der Waals surface area contributed by atoms with Crippen LogP contribution in [0.4, 0.5) is 0 Å². The molecule has 2 atom stereocenters. The van der Waals surface area contributed by atoms with Crippen molar-refractivity contribution >= 4 is 0 Å². The van der Waals surface area contributed by atoms with Crippen LogP contribution in [0.15, 0.2) is 12.3 Å². The molecule has 2 unspecified atom stereocenters. The van der Waals surface area contributed by atoms with E-state index in [1.54, 1.807) is 10.9 Å². The zero-order chi connectivity index (χ0) is 10.7. The minimum atomic E-state index is -0.435. The van der Waals surface area contributed by atoms with Crippen LogP contribution >= 0.6 is 0 Å². The van der Waals surface area contributed by atoms with Crippen molar-refractivity contribution in [2.45, 2.75) is 37.8 Å². The van der Waals surface area contributed by atoms with Crippen molar-refractivity contribution < 1.29 is 5.11 Å². The molecule has 15 heavy (non-hydrogen) atoms. The average molecular weight is 209 g/mol. The van der Waals surface area contributed by atoms with Crippen LogP contribution in [0.5, 0.6) is 0 Å². The lowest BCUT2D eigenvalue weighted by molar-refractivity contribution is 0.118. The second-order valence-electron chi connectivity index (χ2n) is 4.23. The van der Waals surface area contributed by atoms with Crippen molar-refractivity contribution in [3.05, 3.63) is 18.0 Å². The normalized spacial score (nSPS) is 24.8. The van der Waals surface area contributed by atoms with E-state index >= 15 is 0 Å². The Labute approximate surface area is 90.3 Å². The summed E-state index contributed by atoms with van der Waals surface area (Å²) in [5.74, 6) is 0. The summed E-state index contributed by atoms with van der Waals surface area (Å²) in [4.78, 5) is 0. The van der Waals surface area contributed by atoms with Crippen LogP contribution in [0.2, 0.25) is 0 Å². The molecule has 84 valence electrons. The highest BCUT2D eigenvalue weighted by molar-refractivity contribution is 5.07. The Morgan fingerprint density at radius 3 is 3.13 bits per heavy atom. The van der Waals surface area contributed by atoms with Gasteiger partial charge in [0.1, 0.15) is 6.10 Å². The first-order valence-corrected chi connectivity index (χ1v) is 5.68. The number of aryl methyl sites for hydroxylation is 1. The lowest BCUT2D eigenvalue weighted by Crippen LogP contribution is -2.35. The van der Waals surface area contributed by atoms with Crippen LogP contribution in [0.3, 0.4) is 0 Å². The molecular weight excluding hydrogens is 190 g/mol. The SMILES string of the molecule is Cn1nccc1C(O)C1CCCCCN1. The third-order valence-electron chi connectivity index (χ3n) is 3.14. The fraction of sp³-hybridized carbons (Fsp3) is 0.727. The van der Waals surface area contributed by atoms with Gasteiger partial charge in [-0.05, 0) is 25.5 Å². The molecule has 1 saturated heterocycles. The van der Waals surface area contributed by atoms with Crippen LogP contribution in [0.1, 0.15) is 37.5 Å². The van der Waals surface area contributed by atoms with Gasteiger partial charge in [-0.15, -0.1) is 0 Å². The Hall–Kier alpha value is -0.870. The van der Waals surface area contributed by atoms with E-state index in [-0.39, 0.29) is 6.04 Å². The number of aliphatic hydroxyl groups is 1. The van der Waals surface area contributed by atoms with E-state index < -0.39 is 6.10 Å². The second kappa shape index (κ2) is 4.77. The van der Waals surface area contributed by atoms with Crippen molar-refractivity contribution in [2.75, 3.05) is 6.54 Å². The highest BCUT2D eigenvalue weighted by Crippen LogP contribution is 2.21. The van der Waals surface area contributed by atoms with Crippen LogP contribution in [0.25, 0.3) is 0 Å². The molecule has 4 heteroatoms. The lowest BCUT2D eigenvalue weighted by Gasteiger charge is -2.22. The molecule has 1 aromatic heterocycles. The average Bonchev–Trinajstić information content (AvgIpc) is 2.53. The van der Waals surface area contributed by atoms with Crippen molar-refractivity contribution in [2.24, 2.45) is 7.05 Å². The fourth-order valence-electron chi connectivity index (χ4n) is 2.21. The highest BCUT2D eigenvalue weighted by Gasteiger charge is 2.23. The summed E-state index contributed by atoms with van der Waals surface area (Å²) < 4.78 is 1.75. The predicted molar refractivity (Wildman–Crippen MR) is 58.4 cm³/mol. The zero-order valence-corrected chi connectivity index (χ0v) is 9.19. The van der Waals surface area contributed by atoms with Gasteiger partial charge in [0.2, 0.25) is 0 Å². The Morgan fingerprint density at radius 1 is 1.53 bits per heavy atom. The van der Waals surface area contributed by atoms with E-state index in [9.17, 15) is 5.11 Å². The quantitative estimate of drug-likeness (QED) is 0.763. The number of rotatable bonds is 2. The molecule has 1 fully saturated rings. The first-order chi connectivity index (χ1) is 7.29.